The minimum atomic E-state index is -0.384. The van der Waals surface area contributed by atoms with Gasteiger partial charge in [0.05, 0.1) is 6.10 Å². The van der Waals surface area contributed by atoms with Crippen molar-refractivity contribution < 1.29 is 5.11 Å². The highest BCUT2D eigenvalue weighted by Crippen LogP contribution is 2.19. The smallest absolute Gasteiger partial charge is 0.0919 e. The molecule has 2 rings (SSSR count). The molecule has 0 saturated carbocycles. The van der Waals surface area contributed by atoms with Gasteiger partial charge in [0.25, 0.3) is 0 Å². The molecule has 0 radical (unpaired) electrons. The summed E-state index contributed by atoms with van der Waals surface area (Å²) in [6.45, 7) is 4.77. The topological polar surface area (TPSA) is 49.5 Å². The highest BCUT2D eigenvalue weighted by Gasteiger charge is 2.19. The Kier molecular flexibility index (Phi) is 4.15. The molecule has 94 valence electrons. The number of rotatable bonds is 3. The number of likely N-dealkylation sites (tertiary alicyclic amines) is 1. The molecule has 0 spiro atoms. The Morgan fingerprint density at radius 2 is 2.00 bits per heavy atom. The van der Waals surface area contributed by atoms with E-state index in [1.807, 2.05) is 31.2 Å². The Morgan fingerprint density at radius 3 is 2.65 bits per heavy atom. The first-order valence-electron chi connectivity index (χ1n) is 6.38. The van der Waals surface area contributed by atoms with Crippen LogP contribution in [0.1, 0.15) is 30.1 Å². The molecular formula is C14H22N2O. The third kappa shape index (κ3) is 3.28. The molecule has 3 heteroatoms. The number of piperidine rings is 1. The first kappa shape index (κ1) is 12.6. The van der Waals surface area contributed by atoms with E-state index in [9.17, 15) is 5.11 Å². The zero-order valence-corrected chi connectivity index (χ0v) is 10.5. The largest absolute Gasteiger partial charge is 0.387 e. The van der Waals surface area contributed by atoms with E-state index < -0.39 is 0 Å². The summed E-state index contributed by atoms with van der Waals surface area (Å²) in [7, 11) is 0. The van der Waals surface area contributed by atoms with Crippen LogP contribution in [0.5, 0.6) is 0 Å². The number of hydrogen-bond donors (Lipinski definition) is 2. The highest BCUT2D eigenvalue weighted by molar-refractivity contribution is 5.27. The number of nitrogens with zero attached hydrogens (tertiary/aromatic N) is 1. The van der Waals surface area contributed by atoms with Crippen LogP contribution in [0.4, 0.5) is 0 Å². The third-order valence-electron chi connectivity index (χ3n) is 3.61. The van der Waals surface area contributed by atoms with Crippen LogP contribution in [-0.2, 0) is 0 Å². The molecule has 3 N–H and O–H groups in total. The fourth-order valence-electron chi connectivity index (χ4n) is 2.44. The van der Waals surface area contributed by atoms with E-state index in [0.717, 1.165) is 43.6 Å². The van der Waals surface area contributed by atoms with E-state index in [0.29, 0.717) is 6.04 Å². The van der Waals surface area contributed by atoms with Gasteiger partial charge in [0.2, 0.25) is 0 Å². The number of benzene rings is 1. The maximum atomic E-state index is 10.2. The lowest BCUT2D eigenvalue weighted by molar-refractivity contribution is 0.0973. The van der Waals surface area contributed by atoms with Crippen molar-refractivity contribution in [1.29, 1.82) is 0 Å². The monoisotopic (exact) mass is 234 g/mol. The Labute approximate surface area is 103 Å². The van der Waals surface area contributed by atoms with Gasteiger partial charge in [-0.3, -0.25) is 0 Å². The van der Waals surface area contributed by atoms with Gasteiger partial charge in [-0.15, -0.1) is 0 Å². The maximum Gasteiger partial charge on any atom is 0.0919 e. The van der Waals surface area contributed by atoms with Gasteiger partial charge in [-0.1, -0.05) is 24.3 Å². The van der Waals surface area contributed by atoms with Gasteiger partial charge in [0, 0.05) is 12.6 Å². The van der Waals surface area contributed by atoms with Crippen LogP contribution in [0.3, 0.4) is 0 Å². The van der Waals surface area contributed by atoms with Crippen molar-refractivity contribution in [2.45, 2.75) is 31.9 Å². The summed E-state index contributed by atoms with van der Waals surface area (Å²) >= 11 is 0. The van der Waals surface area contributed by atoms with Crippen molar-refractivity contribution in [2.24, 2.45) is 5.73 Å². The van der Waals surface area contributed by atoms with Crippen molar-refractivity contribution in [3.63, 3.8) is 0 Å². The molecule has 1 aliphatic heterocycles. The normalized spacial score (nSPS) is 20.4. The van der Waals surface area contributed by atoms with Crippen molar-refractivity contribution in [3.05, 3.63) is 35.4 Å². The number of aryl methyl sites for hydroxylation is 1. The maximum absolute atomic E-state index is 10.2. The van der Waals surface area contributed by atoms with E-state index >= 15 is 0 Å². The lowest BCUT2D eigenvalue weighted by Gasteiger charge is -2.31. The summed E-state index contributed by atoms with van der Waals surface area (Å²) in [5, 5.41) is 10.2. The second-order valence-corrected chi connectivity index (χ2v) is 5.01. The van der Waals surface area contributed by atoms with Crippen LogP contribution >= 0.6 is 0 Å². The molecule has 1 aliphatic rings. The fourth-order valence-corrected chi connectivity index (χ4v) is 2.44. The minimum Gasteiger partial charge on any atom is -0.387 e. The average molecular weight is 234 g/mol. The van der Waals surface area contributed by atoms with Gasteiger partial charge in [-0.05, 0) is 44.0 Å². The molecule has 0 bridgehead atoms. The second-order valence-electron chi connectivity index (χ2n) is 5.01. The second kappa shape index (κ2) is 5.63. The van der Waals surface area contributed by atoms with Crippen molar-refractivity contribution in [2.75, 3.05) is 19.6 Å². The van der Waals surface area contributed by atoms with Crippen molar-refractivity contribution in [3.8, 4) is 0 Å². The quantitative estimate of drug-likeness (QED) is 0.832. The molecule has 1 aromatic carbocycles. The molecular weight excluding hydrogens is 212 g/mol. The van der Waals surface area contributed by atoms with Crippen molar-refractivity contribution in [1.82, 2.24) is 4.90 Å². The van der Waals surface area contributed by atoms with Crippen molar-refractivity contribution >= 4 is 0 Å². The van der Waals surface area contributed by atoms with Gasteiger partial charge in [-0.2, -0.15) is 0 Å². The van der Waals surface area contributed by atoms with Gasteiger partial charge in [0.1, 0.15) is 0 Å². The summed E-state index contributed by atoms with van der Waals surface area (Å²) in [6, 6.07) is 8.39. The molecule has 0 aliphatic carbocycles. The molecule has 3 nitrogen and oxygen atoms in total. The van der Waals surface area contributed by atoms with Crippen LogP contribution in [0.2, 0.25) is 0 Å². The number of β-amino-alcohol motifs (C(OH)–C–C–N with tert-alkyl or cyclic N) is 1. The zero-order valence-electron chi connectivity index (χ0n) is 10.5. The minimum absolute atomic E-state index is 0.349. The summed E-state index contributed by atoms with van der Waals surface area (Å²) in [5.74, 6) is 0. The molecule has 1 unspecified atom stereocenters. The van der Waals surface area contributed by atoms with Crippen LogP contribution in [0.15, 0.2) is 24.3 Å². The molecule has 17 heavy (non-hydrogen) atoms. The third-order valence-corrected chi connectivity index (χ3v) is 3.61. The van der Waals surface area contributed by atoms with Crippen LogP contribution < -0.4 is 5.73 Å². The summed E-state index contributed by atoms with van der Waals surface area (Å²) in [4.78, 5) is 2.31. The fraction of sp³-hybridized carbons (Fsp3) is 0.571. The van der Waals surface area contributed by atoms with Gasteiger partial charge >= 0.3 is 0 Å². The summed E-state index contributed by atoms with van der Waals surface area (Å²) in [6.07, 6.45) is 1.70. The Bertz CT molecular complexity index is 359. The molecule has 1 aromatic rings. The predicted molar refractivity (Wildman–Crippen MR) is 69.8 cm³/mol. The number of aliphatic hydroxyl groups excluding tert-OH is 1. The zero-order chi connectivity index (χ0) is 12.3. The first-order chi connectivity index (χ1) is 8.16. The highest BCUT2D eigenvalue weighted by atomic mass is 16.3. The lowest BCUT2D eigenvalue weighted by Crippen LogP contribution is -2.41. The van der Waals surface area contributed by atoms with Crippen LogP contribution in [0, 0.1) is 6.92 Å². The molecule has 0 aromatic heterocycles. The Hall–Kier alpha value is -0.900. The molecule has 1 saturated heterocycles. The number of aliphatic hydroxyl groups is 1. The standard InChI is InChI=1S/C14H22N2O/c1-11-4-2-3-5-13(11)14(17)10-16-8-6-12(15)7-9-16/h2-5,12,14,17H,6-10,15H2,1H3. The van der Waals surface area contributed by atoms with E-state index in [4.69, 9.17) is 5.73 Å². The summed E-state index contributed by atoms with van der Waals surface area (Å²) < 4.78 is 0. The number of nitrogens with two attached hydrogens (primary N) is 1. The average Bonchev–Trinajstić information content (AvgIpc) is 2.32. The van der Waals surface area contributed by atoms with E-state index in [2.05, 4.69) is 4.90 Å². The molecule has 0 amide bonds. The molecule has 1 atom stereocenters. The Balaban J connectivity index is 1.93. The van der Waals surface area contributed by atoms with Crippen LogP contribution in [0.25, 0.3) is 0 Å². The van der Waals surface area contributed by atoms with Crippen LogP contribution in [-0.4, -0.2) is 35.7 Å². The van der Waals surface area contributed by atoms with Gasteiger partial charge in [0.15, 0.2) is 0 Å². The van der Waals surface area contributed by atoms with Gasteiger partial charge in [-0.25, -0.2) is 0 Å². The molecule has 1 fully saturated rings. The van der Waals surface area contributed by atoms with E-state index in [1.54, 1.807) is 0 Å². The first-order valence-corrected chi connectivity index (χ1v) is 6.38. The van der Waals surface area contributed by atoms with E-state index in [-0.39, 0.29) is 6.10 Å². The lowest BCUT2D eigenvalue weighted by atomic mass is 10.0. The van der Waals surface area contributed by atoms with Gasteiger partial charge < -0.3 is 15.7 Å². The SMILES string of the molecule is Cc1ccccc1C(O)CN1CCC(N)CC1. The van der Waals surface area contributed by atoms with E-state index in [1.165, 1.54) is 0 Å². The number of hydrogen-bond acceptors (Lipinski definition) is 3. The molecule has 1 heterocycles. The summed E-state index contributed by atoms with van der Waals surface area (Å²) in [5.41, 5.74) is 8.08. The predicted octanol–water partition coefficient (Wildman–Crippen LogP) is 1.45. The Morgan fingerprint density at radius 1 is 1.35 bits per heavy atom.